The zero-order valence-electron chi connectivity index (χ0n) is 21.5. The number of nitrogens with zero attached hydrogens (tertiary/aromatic N) is 1. The van der Waals surface area contributed by atoms with Gasteiger partial charge in [-0.15, -0.1) is 0 Å². The molecule has 0 saturated carbocycles. The molecule has 36 heavy (non-hydrogen) atoms. The quantitative estimate of drug-likeness (QED) is 0.268. The Kier molecular flexibility index (Phi) is 7.59. The van der Waals surface area contributed by atoms with E-state index in [9.17, 15) is 14.4 Å². The van der Waals surface area contributed by atoms with Gasteiger partial charge in [-0.05, 0) is 75.9 Å². The number of rotatable bonds is 9. The minimum absolute atomic E-state index is 0.0429. The van der Waals surface area contributed by atoms with Crippen LogP contribution in [0, 0.1) is 0 Å². The van der Waals surface area contributed by atoms with Gasteiger partial charge >= 0.3 is 5.97 Å². The smallest absolute Gasteiger partial charge is 0.338 e. The average molecular weight is 490 g/mol. The molecule has 0 bridgehead atoms. The van der Waals surface area contributed by atoms with E-state index >= 15 is 0 Å². The number of benzene rings is 1. The fourth-order valence-corrected chi connectivity index (χ4v) is 4.48. The van der Waals surface area contributed by atoms with E-state index in [0.717, 1.165) is 30.5 Å². The molecular weight excluding hydrogens is 454 g/mol. The van der Waals surface area contributed by atoms with Crippen LogP contribution in [-0.2, 0) is 22.4 Å². The normalized spacial score (nSPS) is 15.8. The second-order valence-electron chi connectivity index (χ2n) is 10.4. The number of fused-ring (bicyclic) bond motifs is 1. The first-order chi connectivity index (χ1) is 17.1. The summed E-state index contributed by atoms with van der Waals surface area (Å²) in [7, 11) is 0. The van der Waals surface area contributed by atoms with Crippen molar-refractivity contribution in [1.29, 1.82) is 0 Å². The molecule has 1 amide bonds. The maximum atomic E-state index is 13.5. The predicted molar refractivity (Wildman–Crippen MR) is 140 cm³/mol. The van der Waals surface area contributed by atoms with Crippen LogP contribution < -0.4 is 10.6 Å². The van der Waals surface area contributed by atoms with Crippen LogP contribution in [0.2, 0.25) is 0 Å². The molecule has 2 aromatic heterocycles. The summed E-state index contributed by atoms with van der Waals surface area (Å²) in [5, 5.41) is 6.16. The van der Waals surface area contributed by atoms with Gasteiger partial charge in [0.1, 0.15) is 6.10 Å². The van der Waals surface area contributed by atoms with Gasteiger partial charge < -0.3 is 19.8 Å². The van der Waals surface area contributed by atoms with Gasteiger partial charge in [0.15, 0.2) is 0 Å². The Hall–Kier alpha value is -3.45. The number of carbonyl (C=O) groups excluding carboxylic acids is 3. The van der Waals surface area contributed by atoms with Crippen molar-refractivity contribution in [3.8, 4) is 0 Å². The summed E-state index contributed by atoms with van der Waals surface area (Å²) in [6, 6.07) is 13.2. The second kappa shape index (κ2) is 10.7. The lowest BCUT2D eigenvalue weighted by atomic mass is 10.0. The molecule has 7 heteroatoms. The molecule has 1 aliphatic heterocycles. The number of hydrogen-bond acceptors (Lipinski definition) is 5. The Morgan fingerprint density at radius 1 is 1.11 bits per heavy atom. The number of nitrogens with one attached hydrogen (secondary N) is 2. The van der Waals surface area contributed by atoms with Gasteiger partial charge in [-0.25, -0.2) is 4.79 Å². The zero-order valence-corrected chi connectivity index (χ0v) is 21.5. The zero-order chi connectivity index (χ0) is 25.9. The number of aryl methyl sites for hydroxylation is 2. The van der Waals surface area contributed by atoms with Gasteiger partial charge in [0.05, 0.1) is 24.2 Å². The molecule has 0 spiro atoms. The first kappa shape index (κ1) is 25.6. The summed E-state index contributed by atoms with van der Waals surface area (Å²) >= 11 is 0. The monoisotopic (exact) mass is 489 g/mol. The van der Waals surface area contributed by atoms with Crippen LogP contribution in [0.5, 0.6) is 0 Å². The van der Waals surface area contributed by atoms with Crippen LogP contribution in [0.25, 0.3) is 5.52 Å². The van der Waals surface area contributed by atoms with Crippen molar-refractivity contribution in [1.82, 2.24) is 15.0 Å². The molecule has 190 valence electrons. The van der Waals surface area contributed by atoms with Gasteiger partial charge in [0.2, 0.25) is 11.7 Å². The molecule has 1 aromatic carbocycles. The van der Waals surface area contributed by atoms with E-state index in [1.54, 1.807) is 18.3 Å². The molecule has 1 saturated heterocycles. The van der Waals surface area contributed by atoms with Crippen molar-refractivity contribution in [3.63, 3.8) is 0 Å². The third kappa shape index (κ3) is 6.02. The van der Waals surface area contributed by atoms with Crippen LogP contribution in [0.3, 0.4) is 0 Å². The Labute approximate surface area is 212 Å². The van der Waals surface area contributed by atoms with E-state index in [4.69, 9.17) is 4.74 Å². The maximum absolute atomic E-state index is 13.5. The molecule has 7 nitrogen and oxygen atoms in total. The lowest BCUT2D eigenvalue weighted by Crippen LogP contribution is -2.36. The number of esters is 1. The Morgan fingerprint density at radius 2 is 1.86 bits per heavy atom. The van der Waals surface area contributed by atoms with Crippen molar-refractivity contribution in [2.45, 2.75) is 65.0 Å². The van der Waals surface area contributed by atoms with Crippen molar-refractivity contribution >= 4 is 23.2 Å². The minimum atomic E-state index is -0.473. The van der Waals surface area contributed by atoms with Gasteiger partial charge in [-0.1, -0.05) is 31.2 Å². The van der Waals surface area contributed by atoms with Crippen LogP contribution >= 0.6 is 0 Å². The number of amides is 1. The van der Waals surface area contributed by atoms with E-state index < -0.39 is 12.1 Å². The lowest BCUT2D eigenvalue weighted by molar-refractivity contribution is -0.119. The van der Waals surface area contributed by atoms with Crippen molar-refractivity contribution < 1.29 is 19.1 Å². The number of carbonyl (C=O) groups is 3. The third-order valence-corrected chi connectivity index (χ3v) is 6.41. The molecule has 3 heterocycles. The topological polar surface area (TPSA) is 88.9 Å². The molecule has 2 N–H and O–H groups in total. The standard InChI is InChI=1S/C29H35N3O4/c1-5-20-15-23-16-22(28(35)36-24-17-25(33)30-18-24)12-14-32(23)26(20)27(34)21-10-8-19(9-11-21)7-6-13-31-29(2,3)4/h8-12,14-16,24,31H,5-7,13,17-18H2,1-4H3,(H,30,33). The molecule has 1 aliphatic rings. The second-order valence-corrected chi connectivity index (χ2v) is 10.4. The third-order valence-electron chi connectivity index (χ3n) is 6.41. The molecule has 0 aliphatic carbocycles. The fourth-order valence-electron chi connectivity index (χ4n) is 4.48. The van der Waals surface area contributed by atoms with Gasteiger partial charge in [0, 0.05) is 22.8 Å². The highest BCUT2D eigenvalue weighted by Crippen LogP contribution is 2.23. The largest absolute Gasteiger partial charge is 0.456 e. The van der Waals surface area contributed by atoms with Gasteiger partial charge in [0.25, 0.3) is 0 Å². The number of pyridine rings is 1. The van der Waals surface area contributed by atoms with Crippen LogP contribution in [0.15, 0.2) is 48.7 Å². The number of hydrogen-bond donors (Lipinski definition) is 2. The molecule has 1 fully saturated rings. The van der Waals surface area contributed by atoms with Crippen molar-refractivity contribution in [2.24, 2.45) is 0 Å². The summed E-state index contributed by atoms with van der Waals surface area (Å²) in [5.74, 6) is -0.630. The molecule has 1 atom stereocenters. The van der Waals surface area contributed by atoms with Crippen molar-refractivity contribution in [2.75, 3.05) is 13.1 Å². The Balaban J connectivity index is 1.48. The SMILES string of the molecule is CCc1cc2cc(C(=O)OC3CNC(=O)C3)ccn2c1C(=O)c1ccc(CCCNC(C)(C)C)cc1. The summed E-state index contributed by atoms with van der Waals surface area (Å²) in [4.78, 5) is 37.5. The molecule has 4 rings (SSSR count). The highest BCUT2D eigenvalue weighted by Gasteiger charge is 2.26. The molecule has 1 unspecified atom stereocenters. The minimum Gasteiger partial charge on any atom is -0.456 e. The van der Waals surface area contributed by atoms with E-state index in [1.165, 1.54) is 5.56 Å². The maximum Gasteiger partial charge on any atom is 0.338 e. The lowest BCUT2D eigenvalue weighted by Gasteiger charge is -2.20. The van der Waals surface area contributed by atoms with Gasteiger partial charge in [-0.2, -0.15) is 0 Å². The van der Waals surface area contributed by atoms with E-state index in [2.05, 4.69) is 31.4 Å². The summed E-state index contributed by atoms with van der Waals surface area (Å²) in [5.41, 5.74) is 4.65. The van der Waals surface area contributed by atoms with Gasteiger partial charge in [-0.3, -0.25) is 9.59 Å². The van der Waals surface area contributed by atoms with E-state index in [1.807, 2.05) is 41.7 Å². The average Bonchev–Trinajstić information content (AvgIpc) is 3.43. The van der Waals surface area contributed by atoms with Crippen molar-refractivity contribution in [3.05, 3.63) is 76.6 Å². The number of ether oxygens (including phenoxy) is 1. The predicted octanol–water partition coefficient (Wildman–Crippen LogP) is 4.10. The fraction of sp³-hybridized carbons (Fsp3) is 0.414. The first-order valence-corrected chi connectivity index (χ1v) is 12.6. The molecule has 0 radical (unpaired) electrons. The summed E-state index contributed by atoms with van der Waals surface area (Å²) in [6.45, 7) is 9.78. The number of ketones is 1. The Morgan fingerprint density at radius 3 is 2.50 bits per heavy atom. The number of aromatic nitrogens is 1. The summed E-state index contributed by atoms with van der Waals surface area (Å²) in [6.07, 6.45) is 4.16. The van der Waals surface area contributed by atoms with Crippen LogP contribution in [0.4, 0.5) is 0 Å². The Bertz CT molecular complexity index is 1270. The first-order valence-electron chi connectivity index (χ1n) is 12.6. The summed E-state index contributed by atoms with van der Waals surface area (Å²) < 4.78 is 7.30. The van der Waals surface area contributed by atoms with E-state index in [0.29, 0.717) is 29.8 Å². The molecule has 3 aromatic rings. The highest BCUT2D eigenvalue weighted by atomic mass is 16.5. The van der Waals surface area contributed by atoms with Crippen LogP contribution in [-0.4, -0.2) is 46.8 Å². The van der Waals surface area contributed by atoms with Crippen LogP contribution in [0.1, 0.15) is 78.1 Å². The van der Waals surface area contributed by atoms with E-state index in [-0.39, 0.29) is 23.7 Å². The molecular formula is C29H35N3O4. The highest BCUT2D eigenvalue weighted by molar-refractivity contribution is 6.09.